The Morgan fingerprint density at radius 1 is 1.29 bits per heavy atom. The lowest BCUT2D eigenvalue weighted by Crippen LogP contribution is -2.28. The summed E-state index contributed by atoms with van der Waals surface area (Å²) in [5.41, 5.74) is 2.20. The van der Waals surface area contributed by atoms with Gasteiger partial charge in [0.05, 0.1) is 25.5 Å². The molecule has 0 saturated heterocycles. The monoisotopic (exact) mass is 230 g/mol. The molecule has 1 aliphatic heterocycles. The molecule has 88 valence electrons. The maximum absolute atomic E-state index is 5.06. The molecule has 0 aromatic carbocycles. The summed E-state index contributed by atoms with van der Waals surface area (Å²) in [5, 5.41) is 3.31. The third kappa shape index (κ3) is 1.78. The molecule has 0 radical (unpaired) electrons. The molecule has 2 aromatic rings. The molecular formula is C12H14N4O. The molecule has 5 heteroatoms. The van der Waals surface area contributed by atoms with Gasteiger partial charge < -0.3 is 14.6 Å². The second-order valence-electron chi connectivity index (χ2n) is 3.98. The fraction of sp³-hybridized carbons (Fsp3) is 0.333. The number of hydrogen-bond acceptors (Lipinski definition) is 4. The van der Waals surface area contributed by atoms with E-state index in [-0.39, 0.29) is 0 Å². The van der Waals surface area contributed by atoms with Crippen LogP contribution in [0, 0.1) is 0 Å². The zero-order valence-corrected chi connectivity index (χ0v) is 9.68. The third-order valence-corrected chi connectivity index (χ3v) is 2.97. The summed E-state index contributed by atoms with van der Waals surface area (Å²) in [6, 6.07) is 3.88. The van der Waals surface area contributed by atoms with Gasteiger partial charge in [-0.05, 0) is 6.07 Å². The van der Waals surface area contributed by atoms with Crippen LogP contribution in [0.3, 0.4) is 0 Å². The normalized spacial score (nSPS) is 14.4. The lowest BCUT2D eigenvalue weighted by molar-refractivity contribution is 0.398. The molecule has 3 heterocycles. The van der Waals surface area contributed by atoms with Crippen LogP contribution in [-0.2, 0) is 13.1 Å². The van der Waals surface area contributed by atoms with E-state index in [1.165, 1.54) is 0 Å². The van der Waals surface area contributed by atoms with Gasteiger partial charge in [0.2, 0.25) is 5.88 Å². The molecule has 5 nitrogen and oxygen atoms in total. The fourth-order valence-corrected chi connectivity index (χ4v) is 2.08. The SMILES string of the molecule is COc1ccc(-c2cnc3n2CCNC3)cn1. The molecule has 2 aromatic heterocycles. The molecule has 0 bridgehead atoms. The Bertz CT molecular complexity index is 518. The number of hydrogen-bond donors (Lipinski definition) is 1. The van der Waals surface area contributed by atoms with Crippen molar-refractivity contribution in [1.29, 1.82) is 0 Å². The van der Waals surface area contributed by atoms with Gasteiger partial charge in [-0.25, -0.2) is 9.97 Å². The highest BCUT2D eigenvalue weighted by molar-refractivity contribution is 5.58. The molecule has 17 heavy (non-hydrogen) atoms. The van der Waals surface area contributed by atoms with Gasteiger partial charge in [0.15, 0.2) is 0 Å². The van der Waals surface area contributed by atoms with Crippen molar-refractivity contribution in [3.05, 3.63) is 30.4 Å². The molecule has 1 N–H and O–H groups in total. The predicted molar refractivity (Wildman–Crippen MR) is 63.7 cm³/mol. The molecule has 0 atom stereocenters. The summed E-state index contributed by atoms with van der Waals surface area (Å²) in [4.78, 5) is 8.64. The molecule has 0 aliphatic carbocycles. The van der Waals surface area contributed by atoms with Crippen LogP contribution in [0.25, 0.3) is 11.3 Å². The minimum atomic E-state index is 0.633. The summed E-state index contributed by atoms with van der Waals surface area (Å²) in [6.45, 7) is 2.78. The van der Waals surface area contributed by atoms with E-state index in [1.807, 2.05) is 24.5 Å². The van der Waals surface area contributed by atoms with Gasteiger partial charge in [0.1, 0.15) is 5.82 Å². The van der Waals surface area contributed by atoms with E-state index >= 15 is 0 Å². The van der Waals surface area contributed by atoms with Gasteiger partial charge >= 0.3 is 0 Å². The van der Waals surface area contributed by atoms with E-state index in [1.54, 1.807) is 7.11 Å². The van der Waals surface area contributed by atoms with Gasteiger partial charge in [0, 0.05) is 30.9 Å². The van der Waals surface area contributed by atoms with Crippen LogP contribution in [0.4, 0.5) is 0 Å². The van der Waals surface area contributed by atoms with Crippen LogP contribution in [0.15, 0.2) is 24.5 Å². The minimum Gasteiger partial charge on any atom is -0.481 e. The number of aromatic nitrogens is 3. The molecule has 0 unspecified atom stereocenters. The largest absolute Gasteiger partial charge is 0.481 e. The predicted octanol–water partition coefficient (Wildman–Crippen LogP) is 1.06. The maximum Gasteiger partial charge on any atom is 0.212 e. The lowest BCUT2D eigenvalue weighted by Gasteiger charge is -2.17. The van der Waals surface area contributed by atoms with E-state index in [4.69, 9.17) is 4.74 Å². The van der Waals surface area contributed by atoms with E-state index in [9.17, 15) is 0 Å². The van der Waals surface area contributed by atoms with E-state index < -0.39 is 0 Å². The van der Waals surface area contributed by atoms with Crippen molar-refractivity contribution in [3.63, 3.8) is 0 Å². The molecule has 0 fully saturated rings. The number of rotatable bonds is 2. The Morgan fingerprint density at radius 2 is 2.24 bits per heavy atom. The summed E-state index contributed by atoms with van der Waals surface area (Å²) in [5.74, 6) is 1.72. The summed E-state index contributed by atoms with van der Waals surface area (Å²) >= 11 is 0. The highest BCUT2D eigenvalue weighted by Gasteiger charge is 2.14. The smallest absolute Gasteiger partial charge is 0.212 e. The van der Waals surface area contributed by atoms with Gasteiger partial charge in [-0.2, -0.15) is 0 Å². The lowest BCUT2D eigenvalue weighted by atomic mass is 10.2. The zero-order chi connectivity index (χ0) is 11.7. The number of methoxy groups -OCH3 is 1. The minimum absolute atomic E-state index is 0.633. The number of ether oxygens (including phenoxy) is 1. The first-order chi connectivity index (χ1) is 8.38. The average molecular weight is 230 g/mol. The molecule has 0 saturated carbocycles. The Balaban J connectivity index is 2.00. The van der Waals surface area contributed by atoms with Gasteiger partial charge in [-0.3, -0.25) is 0 Å². The molecular weight excluding hydrogens is 216 g/mol. The molecule has 0 amide bonds. The van der Waals surface area contributed by atoms with Crippen molar-refractivity contribution in [3.8, 4) is 17.1 Å². The van der Waals surface area contributed by atoms with E-state index in [0.29, 0.717) is 5.88 Å². The first kappa shape index (κ1) is 10.3. The Kier molecular flexibility index (Phi) is 2.53. The zero-order valence-electron chi connectivity index (χ0n) is 9.68. The average Bonchev–Trinajstić information content (AvgIpc) is 2.83. The van der Waals surface area contributed by atoms with Gasteiger partial charge in [-0.15, -0.1) is 0 Å². The Hall–Kier alpha value is -1.88. The number of imidazole rings is 1. The van der Waals surface area contributed by atoms with Crippen LogP contribution < -0.4 is 10.1 Å². The molecule has 3 rings (SSSR count). The summed E-state index contributed by atoms with van der Waals surface area (Å²) < 4.78 is 7.29. The quantitative estimate of drug-likeness (QED) is 0.838. The second-order valence-corrected chi connectivity index (χ2v) is 3.98. The highest BCUT2D eigenvalue weighted by Crippen LogP contribution is 2.22. The number of fused-ring (bicyclic) bond motifs is 1. The second kappa shape index (κ2) is 4.18. The number of nitrogens with one attached hydrogen (secondary N) is 1. The van der Waals surface area contributed by atoms with Gasteiger partial charge in [-0.1, -0.05) is 0 Å². The van der Waals surface area contributed by atoms with E-state index in [0.717, 1.165) is 36.7 Å². The van der Waals surface area contributed by atoms with Crippen molar-refractivity contribution < 1.29 is 4.74 Å². The van der Waals surface area contributed by atoms with Crippen LogP contribution in [0.1, 0.15) is 5.82 Å². The van der Waals surface area contributed by atoms with Gasteiger partial charge in [0.25, 0.3) is 0 Å². The molecule has 1 aliphatic rings. The van der Waals surface area contributed by atoms with Crippen LogP contribution in [0.5, 0.6) is 5.88 Å². The topological polar surface area (TPSA) is 52.0 Å². The molecule has 0 spiro atoms. The maximum atomic E-state index is 5.06. The van der Waals surface area contributed by atoms with Crippen molar-refractivity contribution in [2.75, 3.05) is 13.7 Å². The van der Waals surface area contributed by atoms with Crippen molar-refractivity contribution in [1.82, 2.24) is 19.9 Å². The third-order valence-electron chi connectivity index (χ3n) is 2.97. The first-order valence-corrected chi connectivity index (χ1v) is 5.64. The first-order valence-electron chi connectivity index (χ1n) is 5.64. The van der Waals surface area contributed by atoms with Crippen molar-refractivity contribution in [2.45, 2.75) is 13.1 Å². The Morgan fingerprint density at radius 3 is 3.00 bits per heavy atom. The van der Waals surface area contributed by atoms with E-state index in [2.05, 4.69) is 19.9 Å². The van der Waals surface area contributed by atoms with Crippen LogP contribution in [0.2, 0.25) is 0 Å². The summed E-state index contributed by atoms with van der Waals surface area (Å²) in [6.07, 6.45) is 3.73. The van der Waals surface area contributed by atoms with Crippen LogP contribution >= 0.6 is 0 Å². The fourth-order valence-electron chi connectivity index (χ4n) is 2.08. The number of pyridine rings is 1. The van der Waals surface area contributed by atoms with Crippen molar-refractivity contribution >= 4 is 0 Å². The van der Waals surface area contributed by atoms with Crippen LogP contribution in [-0.4, -0.2) is 28.2 Å². The highest BCUT2D eigenvalue weighted by atomic mass is 16.5. The standard InChI is InChI=1S/C12H14N4O/c1-17-12-3-2-9(6-15-12)10-7-14-11-8-13-4-5-16(10)11/h2-3,6-7,13H,4-5,8H2,1H3. The van der Waals surface area contributed by atoms with Crippen molar-refractivity contribution in [2.24, 2.45) is 0 Å². The number of nitrogens with zero attached hydrogens (tertiary/aromatic N) is 3. The Labute approximate surface area is 99.5 Å². The summed E-state index contributed by atoms with van der Waals surface area (Å²) in [7, 11) is 1.62.